The molecule has 86 valence electrons. The zero-order chi connectivity index (χ0) is 10.9. The van der Waals surface area contributed by atoms with Gasteiger partial charge in [-0.3, -0.25) is 4.79 Å². The highest BCUT2D eigenvalue weighted by atomic mass is 16.5. The van der Waals surface area contributed by atoms with E-state index in [1.807, 2.05) is 13.8 Å². The van der Waals surface area contributed by atoms with Crippen LogP contribution in [-0.2, 0) is 9.53 Å². The van der Waals surface area contributed by atoms with E-state index in [-0.39, 0.29) is 11.5 Å². The summed E-state index contributed by atoms with van der Waals surface area (Å²) in [6, 6.07) is 0. The van der Waals surface area contributed by atoms with E-state index in [1.165, 1.54) is 38.5 Å². The molecule has 2 saturated carbocycles. The number of Topliss-reactive ketones (excluding diaryl/α,β-unsaturated/α-hetero) is 1. The smallest absolute Gasteiger partial charge is 0.143 e. The Labute approximate surface area is 92.4 Å². The summed E-state index contributed by atoms with van der Waals surface area (Å²) >= 11 is 0. The van der Waals surface area contributed by atoms with Crippen LogP contribution in [0.5, 0.6) is 0 Å². The van der Waals surface area contributed by atoms with Crippen molar-refractivity contribution >= 4 is 5.78 Å². The Balaban J connectivity index is 1.84. The lowest BCUT2D eigenvalue weighted by Gasteiger charge is -2.43. The van der Waals surface area contributed by atoms with E-state index in [0.717, 1.165) is 0 Å². The van der Waals surface area contributed by atoms with E-state index < -0.39 is 0 Å². The van der Waals surface area contributed by atoms with Crippen LogP contribution in [0.25, 0.3) is 0 Å². The average Bonchev–Trinajstić information content (AvgIpc) is 2.46. The molecule has 0 saturated heterocycles. The van der Waals surface area contributed by atoms with Crippen molar-refractivity contribution in [3.8, 4) is 0 Å². The zero-order valence-electron chi connectivity index (χ0n) is 9.92. The molecule has 1 unspecified atom stereocenters. The quantitative estimate of drug-likeness (QED) is 0.655. The molecular weight excluding hydrogens is 188 g/mol. The Kier molecular flexibility index (Phi) is 3.15. The number of rotatable bonds is 2. The summed E-state index contributed by atoms with van der Waals surface area (Å²) in [4.78, 5) is 11.4. The van der Waals surface area contributed by atoms with E-state index >= 15 is 0 Å². The molecule has 2 aliphatic carbocycles. The van der Waals surface area contributed by atoms with Gasteiger partial charge in [0.2, 0.25) is 0 Å². The Hall–Kier alpha value is -0.370. The van der Waals surface area contributed by atoms with Crippen molar-refractivity contribution in [2.75, 3.05) is 0 Å². The van der Waals surface area contributed by atoms with Crippen LogP contribution in [0.1, 0.15) is 58.8 Å². The van der Waals surface area contributed by atoms with Crippen LogP contribution in [0.3, 0.4) is 0 Å². The van der Waals surface area contributed by atoms with Gasteiger partial charge in [0.25, 0.3) is 0 Å². The summed E-state index contributed by atoms with van der Waals surface area (Å²) < 4.78 is 6.07. The molecule has 0 heterocycles. The fourth-order valence-electron chi connectivity index (χ4n) is 2.56. The van der Waals surface area contributed by atoms with E-state index in [2.05, 4.69) is 0 Å². The largest absolute Gasteiger partial charge is 0.374 e. The standard InChI is InChI=1S/C13H22O2/c1-13(2)11(14)9-12(13)15-10-7-5-3-4-6-8-10/h10,12H,3-9H2,1-2H3. The van der Waals surface area contributed by atoms with Crippen molar-refractivity contribution in [1.29, 1.82) is 0 Å². The van der Waals surface area contributed by atoms with Gasteiger partial charge in [-0.25, -0.2) is 0 Å². The molecule has 0 bridgehead atoms. The number of ketones is 1. The Morgan fingerprint density at radius 1 is 1.13 bits per heavy atom. The average molecular weight is 210 g/mol. The lowest BCUT2D eigenvalue weighted by molar-refractivity contribution is -0.166. The number of hydrogen-bond acceptors (Lipinski definition) is 2. The van der Waals surface area contributed by atoms with Gasteiger partial charge in [0.05, 0.1) is 17.6 Å². The summed E-state index contributed by atoms with van der Waals surface area (Å²) in [7, 11) is 0. The Bertz CT molecular complexity index is 237. The first-order valence-electron chi connectivity index (χ1n) is 6.29. The molecule has 2 rings (SSSR count). The van der Waals surface area contributed by atoms with Crippen molar-refractivity contribution < 1.29 is 9.53 Å². The van der Waals surface area contributed by atoms with Gasteiger partial charge in [-0.2, -0.15) is 0 Å². The molecule has 0 spiro atoms. The molecule has 0 aromatic heterocycles. The van der Waals surface area contributed by atoms with Crippen LogP contribution in [0.2, 0.25) is 0 Å². The maximum absolute atomic E-state index is 11.4. The minimum atomic E-state index is -0.216. The van der Waals surface area contributed by atoms with Gasteiger partial charge < -0.3 is 4.74 Å². The third-order valence-corrected chi connectivity index (χ3v) is 4.05. The van der Waals surface area contributed by atoms with Crippen LogP contribution >= 0.6 is 0 Å². The van der Waals surface area contributed by atoms with Crippen LogP contribution in [-0.4, -0.2) is 18.0 Å². The first kappa shape index (κ1) is 11.1. The second-order valence-corrected chi connectivity index (χ2v) is 5.59. The summed E-state index contributed by atoms with van der Waals surface area (Å²) in [6.07, 6.45) is 8.94. The first-order valence-corrected chi connectivity index (χ1v) is 6.29. The molecule has 15 heavy (non-hydrogen) atoms. The van der Waals surface area contributed by atoms with Gasteiger partial charge in [0.15, 0.2) is 0 Å². The lowest BCUT2D eigenvalue weighted by Crippen LogP contribution is -2.52. The van der Waals surface area contributed by atoms with Crippen LogP contribution in [0, 0.1) is 5.41 Å². The predicted molar refractivity (Wildman–Crippen MR) is 59.8 cm³/mol. The molecule has 0 aliphatic heterocycles. The van der Waals surface area contributed by atoms with Gasteiger partial charge in [-0.05, 0) is 12.8 Å². The van der Waals surface area contributed by atoms with Gasteiger partial charge in [0, 0.05) is 6.42 Å². The molecule has 0 N–H and O–H groups in total. The van der Waals surface area contributed by atoms with Gasteiger partial charge in [0.1, 0.15) is 5.78 Å². The molecule has 2 fully saturated rings. The van der Waals surface area contributed by atoms with Crippen molar-refractivity contribution in [1.82, 2.24) is 0 Å². The normalized spacial score (nSPS) is 32.1. The van der Waals surface area contributed by atoms with Crippen molar-refractivity contribution in [3.05, 3.63) is 0 Å². The van der Waals surface area contributed by atoms with E-state index in [0.29, 0.717) is 18.3 Å². The van der Waals surface area contributed by atoms with Crippen molar-refractivity contribution in [3.63, 3.8) is 0 Å². The highest BCUT2D eigenvalue weighted by Crippen LogP contribution is 2.40. The maximum atomic E-state index is 11.4. The van der Waals surface area contributed by atoms with Crippen LogP contribution in [0.15, 0.2) is 0 Å². The topological polar surface area (TPSA) is 26.3 Å². The number of carbonyl (C=O) groups excluding carboxylic acids is 1. The predicted octanol–water partition coefficient (Wildman–Crippen LogP) is 3.09. The van der Waals surface area contributed by atoms with Gasteiger partial charge in [-0.1, -0.05) is 39.5 Å². The third kappa shape index (κ3) is 2.25. The van der Waals surface area contributed by atoms with Gasteiger partial charge >= 0.3 is 0 Å². The van der Waals surface area contributed by atoms with Crippen molar-refractivity contribution in [2.24, 2.45) is 5.41 Å². The third-order valence-electron chi connectivity index (χ3n) is 4.05. The Morgan fingerprint density at radius 3 is 2.20 bits per heavy atom. The maximum Gasteiger partial charge on any atom is 0.143 e. The minimum Gasteiger partial charge on any atom is -0.374 e. The highest BCUT2D eigenvalue weighted by molar-refractivity contribution is 5.91. The first-order chi connectivity index (χ1) is 7.10. The van der Waals surface area contributed by atoms with E-state index in [9.17, 15) is 4.79 Å². The SMILES string of the molecule is CC1(C)C(=O)CC1OC1CCCCCC1. The molecule has 0 aromatic rings. The van der Waals surface area contributed by atoms with E-state index in [4.69, 9.17) is 4.74 Å². The van der Waals surface area contributed by atoms with Gasteiger partial charge in [-0.15, -0.1) is 0 Å². The molecule has 2 heteroatoms. The zero-order valence-corrected chi connectivity index (χ0v) is 9.92. The molecule has 1 atom stereocenters. The lowest BCUT2D eigenvalue weighted by atomic mass is 9.68. The van der Waals surface area contributed by atoms with E-state index in [1.54, 1.807) is 0 Å². The summed E-state index contributed by atoms with van der Waals surface area (Å²) in [5.74, 6) is 0.362. The van der Waals surface area contributed by atoms with Crippen molar-refractivity contribution in [2.45, 2.75) is 71.0 Å². The molecular formula is C13H22O2. The molecule has 2 aliphatic rings. The summed E-state index contributed by atoms with van der Waals surface area (Å²) in [6.45, 7) is 4.03. The minimum absolute atomic E-state index is 0.188. The number of ether oxygens (including phenoxy) is 1. The molecule has 0 radical (unpaired) electrons. The van der Waals surface area contributed by atoms with Crippen LogP contribution < -0.4 is 0 Å². The van der Waals surface area contributed by atoms with Crippen LogP contribution in [0.4, 0.5) is 0 Å². The molecule has 2 nitrogen and oxygen atoms in total. The Morgan fingerprint density at radius 2 is 1.73 bits per heavy atom. The fourth-order valence-corrected chi connectivity index (χ4v) is 2.56. The molecule has 0 amide bonds. The fraction of sp³-hybridized carbons (Fsp3) is 0.923. The summed E-state index contributed by atoms with van der Waals surface area (Å²) in [5.41, 5.74) is -0.216. The molecule has 0 aromatic carbocycles. The number of hydrogen-bond donors (Lipinski definition) is 0. The monoisotopic (exact) mass is 210 g/mol. The second kappa shape index (κ2) is 4.25. The number of carbonyl (C=O) groups is 1. The second-order valence-electron chi connectivity index (χ2n) is 5.59. The summed E-state index contributed by atoms with van der Waals surface area (Å²) in [5, 5.41) is 0. The highest BCUT2D eigenvalue weighted by Gasteiger charge is 2.48.